The van der Waals surface area contributed by atoms with E-state index in [4.69, 9.17) is 11.6 Å². The quantitative estimate of drug-likeness (QED) is 0.587. The minimum atomic E-state index is -1.37. The molecule has 3 atom stereocenters. The maximum Gasteiger partial charge on any atom is 0.314 e. The monoisotopic (exact) mass is 462 g/mol. The van der Waals surface area contributed by atoms with E-state index in [2.05, 4.69) is 15.9 Å². The summed E-state index contributed by atoms with van der Waals surface area (Å²) in [5.41, 5.74) is -1.45. The summed E-state index contributed by atoms with van der Waals surface area (Å²) in [6, 6.07) is 14.1. The van der Waals surface area contributed by atoms with Crippen molar-refractivity contribution in [1.29, 1.82) is 0 Å². The van der Waals surface area contributed by atoms with Crippen LogP contribution in [0.2, 0.25) is 5.02 Å². The second-order valence-corrected chi connectivity index (χ2v) is 8.66. The summed E-state index contributed by atoms with van der Waals surface area (Å²) in [6.07, 6.45) is 3.42. The largest absolute Gasteiger partial charge is 0.481 e. The predicted octanol–water partition coefficient (Wildman–Crippen LogP) is 5.33. The third kappa shape index (κ3) is 3.49. The number of hydrogen-bond donors (Lipinski definition) is 2. The maximum atomic E-state index is 12.5. The second-order valence-electron chi connectivity index (χ2n) is 7.34. The van der Waals surface area contributed by atoms with Gasteiger partial charge in [-0.25, -0.2) is 0 Å². The Morgan fingerprint density at radius 3 is 2.32 bits per heavy atom. The molecular formula is C22H20BrClO4. The van der Waals surface area contributed by atoms with Crippen molar-refractivity contribution in [3.63, 3.8) is 0 Å². The Balaban J connectivity index is 2.15. The Hall–Kier alpha value is -2.11. The van der Waals surface area contributed by atoms with Gasteiger partial charge in [0.25, 0.3) is 0 Å². The van der Waals surface area contributed by atoms with Crippen molar-refractivity contribution in [2.75, 3.05) is 0 Å². The van der Waals surface area contributed by atoms with E-state index in [1.165, 1.54) is 0 Å². The average molecular weight is 464 g/mol. The minimum absolute atomic E-state index is 0.0603. The zero-order valence-electron chi connectivity index (χ0n) is 15.2. The second kappa shape index (κ2) is 7.72. The summed E-state index contributed by atoms with van der Waals surface area (Å²) in [5.74, 6) is -2.46. The summed E-state index contributed by atoms with van der Waals surface area (Å²) in [4.78, 5) is 24.9. The van der Waals surface area contributed by atoms with E-state index in [1.54, 1.807) is 60.7 Å². The van der Waals surface area contributed by atoms with Gasteiger partial charge in [-0.1, -0.05) is 76.9 Å². The van der Waals surface area contributed by atoms with Crippen molar-refractivity contribution in [3.8, 4) is 0 Å². The van der Waals surface area contributed by atoms with Crippen LogP contribution in [0.5, 0.6) is 0 Å². The van der Waals surface area contributed by atoms with Gasteiger partial charge in [-0.15, -0.1) is 0 Å². The van der Waals surface area contributed by atoms with Crippen LogP contribution in [-0.4, -0.2) is 22.2 Å². The lowest BCUT2D eigenvalue weighted by Gasteiger charge is -2.44. The van der Waals surface area contributed by atoms with Crippen LogP contribution in [0.1, 0.15) is 24.5 Å². The SMILES string of the molecule is CC1C=CC(Cc2ccccc2Cl)(C(=O)O)CC1(C(=O)O)c1ccc(Br)cc1. The van der Waals surface area contributed by atoms with Gasteiger partial charge in [0, 0.05) is 9.50 Å². The molecule has 146 valence electrons. The van der Waals surface area contributed by atoms with E-state index in [1.807, 2.05) is 6.92 Å². The van der Waals surface area contributed by atoms with Crippen LogP contribution in [0.4, 0.5) is 0 Å². The Morgan fingerprint density at radius 2 is 1.75 bits per heavy atom. The van der Waals surface area contributed by atoms with E-state index >= 15 is 0 Å². The van der Waals surface area contributed by atoms with Crippen LogP contribution in [0.25, 0.3) is 0 Å². The topological polar surface area (TPSA) is 74.6 Å². The van der Waals surface area contributed by atoms with Crippen molar-refractivity contribution >= 4 is 39.5 Å². The van der Waals surface area contributed by atoms with Crippen LogP contribution in [0.15, 0.2) is 65.2 Å². The highest BCUT2D eigenvalue weighted by molar-refractivity contribution is 9.10. The Bertz CT molecular complexity index is 940. The number of carbonyl (C=O) groups is 2. The van der Waals surface area contributed by atoms with Gasteiger partial charge in [0.15, 0.2) is 0 Å². The zero-order valence-corrected chi connectivity index (χ0v) is 17.6. The molecule has 0 heterocycles. The van der Waals surface area contributed by atoms with E-state index in [0.29, 0.717) is 16.1 Å². The molecule has 0 spiro atoms. The van der Waals surface area contributed by atoms with E-state index in [-0.39, 0.29) is 18.8 Å². The third-order valence-corrected chi connectivity index (χ3v) is 6.60. The van der Waals surface area contributed by atoms with Gasteiger partial charge in [0.2, 0.25) is 0 Å². The smallest absolute Gasteiger partial charge is 0.314 e. The molecule has 3 unspecified atom stereocenters. The van der Waals surface area contributed by atoms with Gasteiger partial charge >= 0.3 is 11.9 Å². The third-order valence-electron chi connectivity index (χ3n) is 5.71. The Kier molecular flexibility index (Phi) is 5.69. The first kappa shape index (κ1) is 20.6. The number of benzene rings is 2. The van der Waals surface area contributed by atoms with Crippen LogP contribution < -0.4 is 0 Å². The van der Waals surface area contributed by atoms with Crippen LogP contribution >= 0.6 is 27.5 Å². The fourth-order valence-electron chi connectivity index (χ4n) is 4.04. The molecular weight excluding hydrogens is 444 g/mol. The molecule has 2 aromatic carbocycles. The minimum Gasteiger partial charge on any atom is -0.481 e. The molecule has 1 aliphatic rings. The predicted molar refractivity (Wildman–Crippen MR) is 112 cm³/mol. The van der Waals surface area contributed by atoms with Gasteiger partial charge in [0.1, 0.15) is 5.41 Å². The lowest BCUT2D eigenvalue weighted by atomic mass is 9.57. The van der Waals surface area contributed by atoms with Gasteiger partial charge in [-0.05, 0) is 48.1 Å². The average Bonchev–Trinajstić information content (AvgIpc) is 2.65. The number of allylic oxidation sites excluding steroid dienone is 1. The zero-order chi connectivity index (χ0) is 20.5. The van der Waals surface area contributed by atoms with E-state index < -0.39 is 22.8 Å². The van der Waals surface area contributed by atoms with Gasteiger partial charge in [-0.3, -0.25) is 9.59 Å². The van der Waals surface area contributed by atoms with Crippen molar-refractivity contribution < 1.29 is 19.8 Å². The molecule has 0 saturated heterocycles. The Morgan fingerprint density at radius 1 is 1.11 bits per heavy atom. The molecule has 1 aliphatic carbocycles. The van der Waals surface area contributed by atoms with Crippen molar-refractivity contribution in [2.24, 2.45) is 11.3 Å². The highest BCUT2D eigenvalue weighted by Gasteiger charge is 2.55. The molecule has 28 heavy (non-hydrogen) atoms. The number of halogens is 2. The van der Waals surface area contributed by atoms with Crippen LogP contribution in [0, 0.1) is 11.3 Å². The molecule has 0 fully saturated rings. The van der Waals surface area contributed by atoms with Crippen molar-refractivity contribution in [1.82, 2.24) is 0 Å². The first-order valence-corrected chi connectivity index (χ1v) is 10.0. The standard InChI is InChI=1S/C22H20BrClO4/c1-14-10-11-21(19(25)26,12-15-4-2-3-5-18(15)24)13-22(14,20(27)28)16-6-8-17(23)9-7-16/h2-11,14H,12-13H2,1H3,(H,25,26)(H,27,28). The molecule has 0 amide bonds. The van der Waals surface area contributed by atoms with Gasteiger partial charge < -0.3 is 10.2 Å². The van der Waals surface area contributed by atoms with E-state index in [9.17, 15) is 19.8 Å². The molecule has 4 nitrogen and oxygen atoms in total. The normalized spacial score (nSPS) is 26.8. The fourth-order valence-corrected chi connectivity index (χ4v) is 4.51. The van der Waals surface area contributed by atoms with Crippen LogP contribution in [0.3, 0.4) is 0 Å². The van der Waals surface area contributed by atoms with Crippen LogP contribution in [-0.2, 0) is 21.4 Å². The highest BCUT2D eigenvalue weighted by atomic mass is 79.9. The first-order chi connectivity index (χ1) is 13.2. The van der Waals surface area contributed by atoms with E-state index in [0.717, 1.165) is 4.47 Å². The number of carboxylic acids is 2. The molecule has 2 N–H and O–H groups in total. The van der Waals surface area contributed by atoms with Crippen molar-refractivity contribution in [3.05, 3.63) is 81.3 Å². The number of hydrogen-bond acceptors (Lipinski definition) is 2. The number of aliphatic carboxylic acids is 2. The summed E-state index contributed by atoms with van der Waals surface area (Å²) >= 11 is 9.64. The molecule has 0 aromatic heterocycles. The molecule has 0 bridgehead atoms. The molecule has 6 heteroatoms. The number of rotatable bonds is 5. The summed E-state index contributed by atoms with van der Waals surface area (Å²) in [6.45, 7) is 1.81. The molecule has 3 rings (SSSR count). The molecule has 2 aromatic rings. The fraction of sp³-hybridized carbons (Fsp3) is 0.273. The lowest BCUT2D eigenvalue weighted by molar-refractivity contribution is -0.153. The van der Waals surface area contributed by atoms with Gasteiger partial charge in [-0.2, -0.15) is 0 Å². The molecule has 0 aliphatic heterocycles. The number of carboxylic acid groups (broad SMARTS) is 2. The van der Waals surface area contributed by atoms with Crippen molar-refractivity contribution in [2.45, 2.75) is 25.2 Å². The highest BCUT2D eigenvalue weighted by Crippen LogP contribution is 2.50. The Labute approximate surface area is 177 Å². The molecule has 0 radical (unpaired) electrons. The lowest BCUT2D eigenvalue weighted by Crippen LogP contribution is -2.51. The summed E-state index contributed by atoms with van der Waals surface area (Å²) in [7, 11) is 0. The molecule has 0 saturated carbocycles. The maximum absolute atomic E-state index is 12.5. The van der Waals surface area contributed by atoms with Gasteiger partial charge in [0.05, 0.1) is 5.41 Å². The summed E-state index contributed by atoms with van der Waals surface area (Å²) in [5, 5.41) is 20.9. The first-order valence-electron chi connectivity index (χ1n) is 8.87. The summed E-state index contributed by atoms with van der Waals surface area (Å²) < 4.78 is 0.830.